The summed E-state index contributed by atoms with van der Waals surface area (Å²) in [7, 11) is 0. The summed E-state index contributed by atoms with van der Waals surface area (Å²) >= 11 is 0. The Morgan fingerprint density at radius 1 is 1.39 bits per heavy atom. The fourth-order valence-electron chi connectivity index (χ4n) is 1.89. The maximum absolute atomic E-state index is 11.7. The molecule has 0 fully saturated rings. The first-order chi connectivity index (χ1) is 8.65. The highest BCUT2D eigenvalue weighted by Crippen LogP contribution is 2.28. The minimum atomic E-state index is -0.373. The lowest BCUT2D eigenvalue weighted by molar-refractivity contribution is 0.856. The predicted octanol–water partition coefficient (Wildman–Crippen LogP) is 2.43. The van der Waals surface area contributed by atoms with Crippen molar-refractivity contribution in [2.75, 3.05) is 0 Å². The van der Waals surface area contributed by atoms with Gasteiger partial charge in [-0.25, -0.2) is 0 Å². The number of H-pyrrole nitrogens is 1. The van der Waals surface area contributed by atoms with E-state index >= 15 is 0 Å². The van der Waals surface area contributed by atoms with Gasteiger partial charge in [0, 0.05) is 18.0 Å². The van der Waals surface area contributed by atoms with Crippen LogP contribution in [0.1, 0.15) is 30.9 Å². The fraction of sp³-hybridized carbons (Fsp3) is 0.214. The molecule has 0 aromatic carbocycles. The molecular formula is C14H13N3O. The quantitative estimate of drug-likeness (QED) is 0.875. The van der Waals surface area contributed by atoms with Crippen LogP contribution in [0.4, 0.5) is 0 Å². The van der Waals surface area contributed by atoms with Gasteiger partial charge in [0.2, 0.25) is 0 Å². The van der Waals surface area contributed by atoms with Crippen molar-refractivity contribution in [1.82, 2.24) is 9.97 Å². The maximum Gasteiger partial charge on any atom is 0.266 e. The third kappa shape index (κ3) is 2.03. The van der Waals surface area contributed by atoms with E-state index in [0.29, 0.717) is 11.3 Å². The van der Waals surface area contributed by atoms with Crippen molar-refractivity contribution in [1.29, 1.82) is 5.26 Å². The van der Waals surface area contributed by atoms with Gasteiger partial charge < -0.3 is 4.98 Å². The molecule has 90 valence electrons. The van der Waals surface area contributed by atoms with Gasteiger partial charge in [-0.3, -0.25) is 9.78 Å². The highest BCUT2D eigenvalue weighted by molar-refractivity contribution is 5.70. The second kappa shape index (κ2) is 4.84. The molecule has 0 saturated carbocycles. The summed E-state index contributed by atoms with van der Waals surface area (Å²) < 4.78 is 0. The van der Waals surface area contributed by atoms with Gasteiger partial charge in [-0.1, -0.05) is 19.9 Å². The van der Waals surface area contributed by atoms with E-state index in [4.69, 9.17) is 5.26 Å². The molecular weight excluding hydrogens is 226 g/mol. The molecule has 18 heavy (non-hydrogen) atoms. The molecule has 0 aliphatic carbocycles. The van der Waals surface area contributed by atoms with Crippen molar-refractivity contribution in [3.05, 3.63) is 52.1 Å². The molecule has 4 nitrogen and oxygen atoms in total. The lowest BCUT2D eigenvalue weighted by atomic mass is 9.94. The minimum absolute atomic E-state index is 0.125. The fourth-order valence-corrected chi connectivity index (χ4v) is 1.89. The number of hydrogen-bond acceptors (Lipinski definition) is 3. The number of pyridine rings is 2. The molecule has 0 radical (unpaired) electrons. The highest BCUT2D eigenvalue weighted by Gasteiger charge is 2.17. The van der Waals surface area contributed by atoms with Crippen molar-refractivity contribution in [2.45, 2.75) is 19.8 Å². The Morgan fingerprint density at radius 2 is 2.17 bits per heavy atom. The zero-order valence-electron chi connectivity index (χ0n) is 10.3. The zero-order chi connectivity index (χ0) is 13.1. The zero-order valence-corrected chi connectivity index (χ0v) is 10.3. The molecule has 0 spiro atoms. The van der Waals surface area contributed by atoms with Crippen molar-refractivity contribution in [3.8, 4) is 17.3 Å². The number of nitriles is 1. The SMILES string of the molecule is CC(C)c1c[nH]c(=O)c(C#N)c1-c1ccccn1. The Balaban J connectivity index is 2.82. The lowest BCUT2D eigenvalue weighted by Gasteiger charge is -2.12. The van der Waals surface area contributed by atoms with Gasteiger partial charge in [0.1, 0.15) is 11.6 Å². The van der Waals surface area contributed by atoms with E-state index < -0.39 is 0 Å². The number of rotatable bonds is 2. The first-order valence-electron chi connectivity index (χ1n) is 5.72. The van der Waals surface area contributed by atoms with Crippen LogP contribution in [-0.2, 0) is 0 Å². The monoisotopic (exact) mass is 239 g/mol. The highest BCUT2D eigenvalue weighted by atomic mass is 16.1. The van der Waals surface area contributed by atoms with Crippen molar-refractivity contribution in [3.63, 3.8) is 0 Å². The van der Waals surface area contributed by atoms with Crippen LogP contribution in [0.3, 0.4) is 0 Å². The van der Waals surface area contributed by atoms with Crippen LogP contribution in [0.25, 0.3) is 11.3 Å². The van der Waals surface area contributed by atoms with Gasteiger partial charge >= 0.3 is 0 Å². The number of aromatic amines is 1. The van der Waals surface area contributed by atoms with Crippen LogP contribution in [0.15, 0.2) is 35.4 Å². The topological polar surface area (TPSA) is 69.5 Å². The first-order valence-corrected chi connectivity index (χ1v) is 5.72. The average Bonchev–Trinajstić information content (AvgIpc) is 2.39. The number of nitrogens with zero attached hydrogens (tertiary/aromatic N) is 2. The van der Waals surface area contributed by atoms with Crippen molar-refractivity contribution >= 4 is 0 Å². The Labute approximate surface area is 105 Å². The molecule has 1 N–H and O–H groups in total. The Bertz CT molecular complexity index is 651. The molecule has 2 aromatic heterocycles. The molecule has 4 heteroatoms. The largest absolute Gasteiger partial charge is 0.328 e. The maximum atomic E-state index is 11.7. The minimum Gasteiger partial charge on any atom is -0.328 e. The number of hydrogen-bond donors (Lipinski definition) is 1. The van der Waals surface area contributed by atoms with Gasteiger partial charge in [0.05, 0.1) is 5.69 Å². The van der Waals surface area contributed by atoms with Crippen LogP contribution in [-0.4, -0.2) is 9.97 Å². The Kier molecular flexibility index (Phi) is 3.24. The summed E-state index contributed by atoms with van der Waals surface area (Å²) in [5.41, 5.74) is 1.97. The third-order valence-electron chi connectivity index (χ3n) is 2.78. The standard InChI is InChI=1S/C14H13N3O/c1-9(2)11-8-17-14(18)10(7-15)13(11)12-5-3-4-6-16-12/h3-6,8-9H,1-2H3,(H,17,18). The molecule has 2 aromatic rings. The first kappa shape index (κ1) is 12.1. The summed E-state index contributed by atoms with van der Waals surface area (Å²) in [6.45, 7) is 4.03. The number of aromatic nitrogens is 2. The predicted molar refractivity (Wildman–Crippen MR) is 69.1 cm³/mol. The van der Waals surface area contributed by atoms with E-state index in [1.807, 2.05) is 32.0 Å². The average molecular weight is 239 g/mol. The van der Waals surface area contributed by atoms with Crippen molar-refractivity contribution < 1.29 is 0 Å². The van der Waals surface area contributed by atoms with Crippen LogP contribution in [0, 0.1) is 11.3 Å². The van der Waals surface area contributed by atoms with Gasteiger partial charge in [-0.2, -0.15) is 5.26 Å². The second-order valence-corrected chi connectivity index (χ2v) is 4.30. The summed E-state index contributed by atoms with van der Waals surface area (Å²) in [5.74, 6) is 0.200. The second-order valence-electron chi connectivity index (χ2n) is 4.30. The Morgan fingerprint density at radius 3 is 2.72 bits per heavy atom. The van der Waals surface area contributed by atoms with E-state index in [0.717, 1.165) is 5.56 Å². The van der Waals surface area contributed by atoms with Gasteiger partial charge in [0.25, 0.3) is 5.56 Å². The van der Waals surface area contributed by atoms with E-state index in [2.05, 4.69) is 9.97 Å². The molecule has 0 aliphatic heterocycles. The van der Waals surface area contributed by atoms with Crippen LogP contribution in [0.5, 0.6) is 0 Å². The van der Waals surface area contributed by atoms with E-state index in [9.17, 15) is 4.79 Å². The lowest BCUT2D eigenvalue weighted by Crippen LogP contribution is -2.14. The molecule has 0 atom stereocenters. The summed E-state index contributed by atoms with van der Waals surface area (Å²) in [5, 5.41) is 9.17. The Hall–Kier alpha value is -2.41. The smallest absolute Gasteiger partial charge is 0.266 e. The van der Waals surface area contributed by atoms with Crippen LogP contribution < -0.4 is 5.56 Å². The molecule has 0 aliphatic rings. The summed E-state index contributed by atoms with van der Waals surface area (Å²) in [4.78, 5) is 18.6. The third-order valence-corrected chi connectivity index (χ3v) is 2.78. The normalized spacial score (nSPS) is 10.3. The van der Waals surface area contributed by atoms with E-state index in [1.165, 1.54) is 0 Å². The van der Waals surface area contributed by atoms with Crippen LogP contribution >= 0.6 is 0 Å². The van der Waals surface area contributed by atoms with Gasteiger partial charge in [-0.15, -0.1) is 0 Å². The van der Waals surface area contributed by atoms with Gasteiger partial charge in [-0.05, 0) is 23.6 Å². The molecule has 2 rings (SSSR count). The van der Waals surface area contributed by atoms with Crippen LogP contribution in [0.2, 0.25) is 0 Å². The van der Waals surface area contributed by atoms with Crippen molar-refractivity contribution in [2.24, 2.45) is 0 Å². The molecule has 0 bridgehead atoms. The summed E-state index contributed by atoms with van der Waals surface area (Å²) in [6.07, 6.45) is 3.32. The molecule has 2 heterocycles. The molecule has 0 saturated heterocycles. The molecule has 0 unspecified atom stereocenters. The van der Waals surface area contributed by atoms with E-state index in [1.54, 1.807) is 18.5 Å². The molecule has 0 amide bonds. The number of nitrogens with one attached hydrogen (secondary N) is 1. The van der Waals surface area contributed by atoms with E-state index in [-0.39, 0.29) is 17.0 Å². The van der Waals surface area contributed by atoms with Gasteiger partial charge in [0.15, 0.2) is 0 Å². The summed E-state index contributed by atoms with van der Waals surface area (Å²) in [6, 6.07) is 7.43.